The van der Waals surface area contributed by atoms with Gasteiger partial charge in [0.2, 0.25) is 0 Å². The lowest BCUT2D eigenvalue weighted by molar-refractivity contribution is -0.104. The molecule has 0 aliphatic carbocycles. The Hall–Kier alpha value is -0.470. The molecular weight excluding hydrogens is 173 g/mol. The number of allylic oxidation sites excluding steroid dienone is 2. The number of rotatable bonds is 1. The molecule has 1 aliphatic heterocycles. The summed E-state index contributed by atoms with van der Waals surface area (Å²) in [6.45, 7) is 0. The van der Waals surface area contributed by atoms with Crippen molar-refractivity contribution in [2.24, 2.45) is 0 Å². The molecule has 0 amide bonds. The topological polar surface area (TPSA) is 29.1 Å². The highest BCUT2D eigenvalue weighted by atomic mass is 35.5. The Labute approximate surface area is 68.5 Å². The molecular formula is C6H5Cl2NO. The summed E-state index contributed by atoms with van der Waals surface area (Å²) in [5.74, 6) is 0. The molecule has 0 saturated carbocycles. The normalized spacial score (nSPS) is 24.4. The molecule has 1 aliphatic rings. The molecule has 54 valence electrons. The number of halogens is 2. The highest BCUT2D eigenvalue weighted by molar-refractivity contribution is 6.37. The summed E-state index contributed by atoms with van der Waals surface area (Å²) in [5, 5.41) is 3.14. The monoisotopic (exact) mass is 177 g/mol. The molecule has 0 aromatic rings. The number of hydrogen-bond acceptors (Lipinski definition) is 2. The molecule has 0 aromatic carbocycles. The number of aldehydes is 1. The van der Waals surface area contributed by atoms with Crippen molar-refractivity contribution < 1.29 is 4.79 Å². The summed E-state index contributed by atoms with van der Waals surface area (Å²) < 4.78 is 0. The Bertz CT molecular complexity index is 210. The van der Waals surface area contributed by atoms with Crippen LogP contribution >= 0.6 is 23.2 Å². The zero-order valence-corrected chi connectivity index (χ0v) is 6.49. The van der Waals surface area contributed by atoms with Gasteiger partial charge in [-0.05, 0) is 6.08 Å². The predicted octanol–water partition coefficient (Wildman–Crippen LogP) is 1.36. The van der Waals surface area contributed by atoms with Crippen molar-refractivity contribution >= 4 is 29.5 Å². The number of carbonyl (C=O) groups is 1. The minimum atomic E-state index is -0.398. The molecule has 0 aromatic heterocycles. The Morgan fingerprint density at radius 2 is 2.40 bits per heavy atom. The average molecular weight is 178 g/mol. The third-order valence-corrected chi connectivity index (χ3v) is 1.88. The fourth-order valence-electron chi connectivity index (χ4n) is 0.591. The quantitative estimate of drug-likeness (QED) is 0.373. The van der Waals surface area contributed by atoms with Crippen molar-refractivity contribution in [3.05, 3.63) is 22.9 Å². The third kappa shape index (κ3) is 1.52. The van der Waals surface area contributed by atoms with E-state index in [1.165, 1.54) is 12.3 Å². The lowest BCUT2D eigenvalue weighted by Crippen LogP contribution is -2.21. The molecule has 0 bridgehead atoms. The van der Waals surface area contributed by atoms with Gasteiger partial charge in [-0.15, -0.1) is 0 Å². The fourth-order valence-corrected chi connectivity index (χ4v) is 0.906. The zero-order valence-electron chi connectivity index (χ0n) is 4.97. The molecule has 0 saturated heterocycles. The minimum absolute atomic E-state index is 0.398. The second-order valence-corrected chi connectivity index (χ2v) is 2.69. The van der Waals surface area contributed by atoms with Crippen LogP contribution in [0.25, 0.3) is 0 Å². The Morgan fingerprint density at radius 3 is 2.90 bits per heavy atom. The van der Waals surface area contributed by atoms with E-state index < -0.39 is 5.50 Å². The predicted molar refractivity (Wildman–Crippen MR) is 40.9 cm³/mol. The van der Waals surface area contributed by atoms with Crippen LogP contribution in [-0.4, -0.2) is 11.8 Å². The van der Waals surface area contributed by atoms with Gasteiger partial charge >= 0.3 is 0 Å². The number of nitrogens with one attached hydrogen (secondary N) is 1. The van der Waals surface area contributed by atoms with Gasteiger partial charge < -0.3 is 5.32 Å². The van der Waals surface area contributed by atoms with Crippen LogP contribution < -0.4 is 5.32 Å². The van der Waals surface area contributed by atoms with Gasteiger partial charge in [0.1, 0.15) is 5.50 Å². The number of hydrogen-bond donors (Lipinski definition) is 1. The molecule has 1 rings (SSSR count). The van der Waals surface area contributed by atoms with E-state index in [2.05, 4.69) is 5.32 Å². The molecule has 0 unspecified atom stereocenters. The molecule has 1 atom stereocenters. The fraction of sp³-hybridized carbons (Fsp3) is 0.167. The van der Waals surface area contributed by atoms with E-state index in [4.69, 9.17) is 23.2 Å². The second kappa shape index (κ2) is 3.08. The lowest BCUT2D eigenvalue weighted by atomic mass is 10.2. The van der Waals surface area contributed by atoms with Crippen molar-refractivity contribution in [1.82, 2.24) is 5.32 Å². The van der Waals surface area contributed by atoms with Crippen LogP contribution in [0.1, 0.15) is 0 Å². The minimum Gasteiger partial charge on any atom is -0.370 e. The standard InChI is InChI=1S/C6H5Cl2NO/c7-5-1-4(3-10)2-9-6(5)8/h1-3,6,9H/t6-/m0/s1. The molecule has 4 heteroatoms. The van der Waals surface area contributed by atoms with Crippen molar-refractivity contribution in [1.29, 1.82) is 0 Å². The van der Waals surface area contributed by atoms with Crippen molar-refractivity contribution in [2.75, 3.05) is 0 Å². The van der Waals surface area contributed by atoms with E-state index in [0.29, 0.717) is 16.9 Å². The molecule has 0 radical (unpaired) electrons. The van der Waals surface area contributed by atoms with Crippen molar-refractivity contribution in [3.8, 4) is 0 Å². The van der Waals surface area contributed by atoms with Gasteiger partial charge in [0.05, 0.1) is 5.03 Å². The van der Waals surface area contributed by atoms with Gasteiger partial charge in [0.15, 0.2) is 6.29 Å². The number of dihydropyridines is 1. The Morgan fingerprint density at radius 1 is 1.70 bits per heavy atom. The maximum Gasteiger partial charge on any atom is 0.151 e. The summed E-state index contributed by atoms with van der Waals surface area (Å²) in [4.78, 5) is 10.2. The summed E-state index contributed by atoms with van der Waals surface area (Å²) in [6, 6.07) is 0. The van der Waals surface area contributed by atoms with Crippen LogP contribution in [0.5, 0.6) is 0 Å². The Balaban J connectivity index is 2.78. The maximum atomic E-state index is 10.2. The molecule has 2 nitrogen and oxygen atoms in total. The van der Waals surface area contributed by atoms with Crippen LogP contribution in [-0.2, 0) is 4.79 Å². The largest absolute Gasteiger partial charge is 0.370 e. The van der Waals surface area contributed by atoms with Gasteiger partial charge in [-0.25, -0.2) is 0 Å². The highest BCUT2D eigenvalue weighted by Crippen LogP contribution is 2.17. The van der Waals surface area contributed by atoms with Crippen LogP contribution in [0.4, 0.5) is 0 Å². The van der Waals surface area contributed by atoms with E-state index >= 15 is 0 Å². The zero-order chi connectivity index (χ0) is 7.56. The first-order valence-electron chi connectivity index (χ1n) is 2.66. The van der Waals surface area contributed by atoms with E-state index in [9.17, 15) is 4.79 Å². The SMILES string of the molecule is O=CC1=CN[C@H](Cl)C(Cl)=C1. The number of alkyl halides is 1. The van der Waals surface area contributed by atoms with Gasteiger partial charge in [0.25, 0.3) is 0 Å². The van der Waals surface area contributed by atoms with Crippen molar-refractivity contribution in [2.45, 2.75) is 5.50 Å². The first-order chi connectivity index (χ1) is 4.74. The molecule has 0 spiro atoms. The summed E-state index contributed by atoms with van der Waals surface area (Å²) in [7, 11) is 0. The van der Waals surface area contributed by atoms with Crippen LogP contribution in [0.15, 0.2) is 22.9 Å². The van der Waals surface area contributed by atoms with Crippen LogP contribution in [0, 0.1) is 0 Å². The van der Waals surface area contributed by atoms with Gasteiger partial charge in [-0.2, -0.15) is 0 Å². The van der Waals surface area contributed by atoms with E-state index in [0.717, 1.165) is 0 Å². The lowest BCUT2D eigenvalue weighted by Gasteiger charge is -2.12. The Kier molecular flexibility index (Phi) is 2.35. The summed E-state index contributed by atoms with van der Waals surface area (Å²) in [6.07, 6.45) is 3.76. The highest BCUT2D eigenvalue weighted by Gasteiger charge is 2.11. The molecule has 1 heterocycles. The molecule has 10 heavy (non-hydrogen) atoms. The second-order valence-electron chi connectivity index (χ2n) is 1.82. The summed E-state index contributed by atoms with van der Waals surface area (Å²) >= 11 is 11.2. The van der Waals surface area contributed by atoms with Gasteiger partial charge in [0, 0.05) is 11.8 Å². The van der Waals surface area contributed by atoms with Crippen LogP contribution in [0.2, 0.25) is 0 Å². The van der Waals surface area contributed by atoms with Gasteiger partial charge in [-0.1, -0.05) is 23.2 Å². The first kappa shape index (κ1) is 7.63. The van der Waals surface area contributed by atoms with Crippen LogP contribution in [0.3, 0.4) is 0 Å². The summed E-state index contributed by atoms with van der Waals surface area (Å²) in [5.41, 5.74) is 0.104. The first-order valence-corrected chi connectivity index (χ1v) is 3.48. The number of carbonyl (C=O) groups excluding carboxylic acids is 1. The van der Waals surface area contributed by atoms with E-state index in [-0.39, 0.29) is 0 Å². The molecule has 0 fully saturated rings. The average Bonchev–Trinajstić information content (AvgIpc) is 1.95. The van der Waals surface area contributed by atoms with E-state index in [1.807, 2.05) is 0 Å². The third-order valence-electron chi connectivity index (χ3n) is 1.08. The molecule has 1 N–H and O–H groups in total. The smallest absolute Gasteiger partial charge is 0.151 e. The van der Waals surface area contributed by atoms with Crippen molar-refractivity contribution in [3.63, 3.8) is 0 Å². The maximum absolute atomic E-state index is 10.2. The van der Waals surface area contributed by atoms with Gasteiger partial charge in [-0.3, -0.25) is 4.79 Å². The van der Waals surface area contributed by atoms with E-state index in [1.54, 1.807) is 0 Å².